The van der Waals surface area contributed by atoms with Crippen molar-refractivity contribution in [3.8, 4) is 0 Å². The van der Waals surface area contributed by atoms with E-state index in [0.29, 0.717) is 33.6 Å². The molecule has 0 aromatic heterocycles. The molecule has 2 N–H and O–H groups in total. The fourth-order valence-electron chi connectivity index (χ4n) is 2.09. The van der Waals surface area contributed by atoms with E-state index in [2.05, 4.69) is 10.6 Å². The molecule has 25 heavy (non-hydrogen) atoms. The van der Waals surface area contributed by atoms with E-state index < -0.39 is 11.8 Å². The molecule has 0 fully saturated rings. The van der Waals surface area contributed by atoms with E-state index in [1.165, 1.54) is 6.92 Å². The first-order valence-electron chi connectivity index (χ1n) is 7.58. The first-order valence-corrected chi connectivity index (χ1v) is 8.46. The molecule has 0 unspecified atom stereocenters. The maximum Gasteiger partial charge on any atom is 0.288 e. The number of nitrogens with one attached hydrogen (secondary N) is 2. The Bertz CT molecular complexity index is 734. The van der Waals surface area contributed by atoms with E-state index in [1.807, 2.05) is 0 Å². The molecule has 0 heterocycles. The Kier molecular flexibility index (Phi) is 6.52. The molecule has 7 heteroatoms. The highest BCUT2D eigenvalue weighted by Gasteiger charge is 2.13. The molecule has 2 aromatic rings. The summed E-state index contributed by atoms with van der Waals surface area (Å²) in [4.78, 5) is 23.9. The van der Waals surface area contributed by atoms with Crippen LogP contribution in [0.2, 0.25) is 0 Å². The highest BCUT2D eigenvalue weighted by molar-refractivity contribution is 7.99. The molecule has 0 aliphatic heterocycles. The van der Waals surface area contributed by atoms with Crippen LogP contribution in [0.15, 0.2) is 53.4 Å². The van der Waals surface area contributed by atoms with Crippen molar-refractivity contribution in [2.75, 3.05) is 10.6 Å². The fraction of sp³-hybridized carbons (Fsp3) is 0.222. The average molecular weight is 364 g/mol. The number of rotatable bonds is 7. The minimum Gasteiger partial charge on any atom is -0.374 e. The van der Waals surface area contributed by atoms with E-state index in [9.17, 15) is 18.4 Å². The molecule has 0 aliphatic rings. The number of halogens is 2. The third kappa shape index (κ3) is 5.86. The lowest BCUT2D eigenvalue weighted by Gasteiger charge is -2.15. The Morgan fingerprint density at radius 2 is 1.52 bits per heavy atom. The maximum atomic E-state index is 12.3. The van der Waals surface area contributed by atoms with Crippen molar-refractivity contribution in [3.05, 3.63) is 54.1 Å². The number of benzene rings is 2. The quantitative estimate of drug-likeness (QED) is 0.555. The summed E-state index contributed by atoms with van der Waals surface area (Å²) in [6.45, 7) is 3.17. The zero-order chi connectivity index (χ0) is 18.4. The van der Waals surface area contributed by atoms with E-state index in [4.69, 9.17) is 0 Å². The van der Waals surface area contributed by atoms with Crippen LogP contribution in [0.1, 0.15) is 24.2 Å². The second-order valence-corrected chi connectivity index (χ2v) is 6.46. The second-order valence-electron chi connectivity index (χ2n) is 5.39. The second kappa shape index (κ2) is 8.62. The third-order valence-corrected chi connectivity index (χ3v) is 4.14. The molecule has 0 aliphatic carbocycles. The summed E-state index contributed by atoms with van der Waals surface area (Å²) in [7, 11) is 0. The summed E-state index contributed by atoms with van der Waals surface area (Å²) in [5, 5.41) is 5.76. The molecule has 4 nitrogen and oxygen atoms in total. The van der Waals surface area contributed by atoms with Gasteiger partial charge >= 0.3 is 0 Å². The summed E-state index contributed by atoms with van der Waals surface area (Å²) in [6, 6.07) is 12.5. The molecule has 1 amide bonds. The summed E-state index contributed by atoms with van der Waals surface area (Å²) in [6.07, 6.45) is 0. The summed E-state index contributed by atoms with van der Waals surface area (Å²) < 4.78 is 24.6. The van der Waals surface area contributed by atoms with Crippen LogP contribution < -0.4 is 10.6 Å². The van der Waals surface area contributed by atoms with Gasteiger partial charge in [0.2, 0.25) is 5.91 Å². The molecule has 0 saturated heterocycles. The van der Waals surface area contributed by atoms with Crippen LogP contribution in [-0.4, -0.2) is 23.5 Å². The Balaban J connectivity index is 1.92. The molecule has 2 rings (SSSR count). The number of thioether (sulfide) groups is 1. The minimum absolute atomic E-state index is 0.0404. The lowest BCUT2D eigenvalue weighted by molar-refractivity contribution is -0.116. The molecule has 2 aromatic carbocycles. The van der Waals surface area contributed by atoms with Crippen molar-refractivity contribution in [1.82, 2.24) is 0 Å². The van der Waals surface area contributed by atoms with E-state index >= 15 is 0 Å². The fourth-order valence-corrected chi connectivity index (χ4v) is 2.59. The number of anilines is 2. The van der Waals surface area contributed by atoms with Gasteiger partial charge in [-0.25, -0.2) is 0 Å². The van der Waals surface area contributed by atoms with Gasteiger partial charge in [-0.3, -0.25) is 9.59 Å². The summed E-state index contributed by atoms with van der Waals surface area (Å²) >= 11 is 0.473. The van der Waals surface area contributed by atoms with Crippen molar-refractivity contribution < 1.29 is 18.4 Å². The van der Waals surface area contributed by atoms with Gasteiger partial charge in [0.25, 0.3) is 5.76 Å². The van der Waals surface area contributed by atoms with Crippen LogP contribution in [0.5, 0.6) is 0 Å². The zero-order valence-corrected chi connectivity index (χ0v) is 14.6. The number of carbonyl (C=O) groups is 2. The molecular formula is C18H18F2N2O2S. The van der Waals surface area contributed by atoms with Gasteiger partial charge in [0, 0.05) is 21.8 Å². The van der Waals surface area contributed by atoms with Gasteiger partial charge < -0.3 is 10.6 Å². The highest BCUT2D eigenvalue weighted by Crippen LogP contribution is 2.26. The SMILES string of the molecule is CC(=O)c1ccc(NC(=O)[C@H](C)Nc2ccc(SC(F)F)cc2)cc1. The molecule has 0 radical (unpaired) electrons. The van der Waals surface area contributed by atoms with E-state index in [1.54, 1.807) is 55.5 Å². The van der Waals surface area contributed by atoms with Gasteiger partial charge in [0.15, 0.2) is 5.78 Å². The first-order chi connectivity index (χ1) is 11.8. The summed E-state index contributed by atoms with van der Waals surface area (Å²) in [5.41, 5.74) is 1.83. The number of amides is 1. The number of carbonyl (C=O) groups excluding carboxylic acids is 2. The molecule has 132 valence electrons. The van der Waals surface area contributed by atoms with Crippen LogP contribution in [-0.2, 0) is 4.79 Å². The molecular weight excluding hydrogens is 346 g/mol. The molecule has 0 saturated carbocycles. The predicted octanol–water partition coefficient (Wildman–Crippen LogP) is 4.64. The van der Waals surface area contributed by atoms with Gasteiger partial charge in [-0.2, -0.15) is 8.78 Å². The van der Waals surface area contributed by atoms with Gasteiger partial charge in [0.05, 0.1) is 0 Å². The van der Waals surface area contributed by atoms with Crippen LogP contribution in [0.3, 0.4) is 0 Å². The van der Waals surface area contributed by atoms with Gasteiger partial charge in [-0.05, 0) is 62.4 Å². The lowest BCUT2D eigenvalue weighted by atomic mass is 10.1. The van der Waals surface area contributed by atoms with Crippen molar-refractivity contribution >= 4 is 34.8 Å². The number of hydrogen-bond acceptors (Lipinski definition) is 4. The largest absolute Gasteiger partial charge is 0.374 e. The topological polar surface area (TPSA) is 58.2 Å². The normalized spacial score (nSPS) is 11.9. The van der Waals surface area contributed by atoms with Gasteiger partial charge in [-0.15, -0.1) is 0 Å². The molecule has 0 spiro atoms. The number of hydrogen-bond donors (Lipinski definition) is 2. The molecule has 0 bridgehead atoms. The minimum atomic E-state index is -2.46. The van der Waals surface area contributed by atoms with Crippen molar-refractivity contribution in [3.63, 3.8) is 0 Å². The smallest absolute Gasteiger partial charge is 0.288 e. The Hall–Kier alpha value is -2.41. The third-order valence-electron chi connectivity index (χ3n) is 3.41. The van der Waals surface area contributed by atoms with Crippen LogP contribution in [0.4, 0.5) is 20.2 Å². The summed E-state index contributed by atoms with van der Waals surface area (Å²) in [5.74, 6) is -2.75. The highest BCUT2D eigenvalue weighted by atomic mass is 32.2. The molecule has 1 atom stereocenters. The predicted molar refractivity (Wildman–Crippen MR) is 96.5 cm³/mol. The number of alkyl halides is 2. The standard InChI is InChI=1S/C18H18F2N2O2S/c1-11(21-14-7-9-16(10-8-14)25-18(19)20)17(24)22-15-5-3-13(4-6-15)12(2)23/h3-11,18,21H,1-2H3,(H,22,24)/t11-/m0/s1. The van der Waals surface area contributed by atoms with E-state index in [0.717, 1.165) is 0 Å². The number of ketones is 1. The Labute approximate surface area is 149 Å². The van der Waals surface area contributed by atoms with Crippen LogP contribution >= 0.6 is 11.8 Å². The average Bonchev–Trinajstić information content (AvgIpc) is 2.56. The maximum absolute atomic E-state index is 12.3. The Morgan fingerprint density at radius 3 is 2.04 bits per heavy atom. The monoisotopic (exact) mass is 364 g/mol. The lowest BCUT2D eigenvalue weighted by Crippen LogP contribution is -2.31. The zero-order valence-electron chi connectivity index (χ0n) is 13.8. The first kappa shape index (κ1) is 18.9. The van der Waals surface area contributed by atoms with Crippen LogP contribution in [0, 0.1) is 0 Å². The van der Waals surface area contributed by atoms with E-state index in [-0.39, 0.29) is 11.7 Å². The number of Topliss-reactive ketones (excluding diaryl/α,β-unsaturated/α-hetero) is 1. The Morgan fingerprint density at radius 1 is 0.960 bits per heavy atom. The van der Waals surface area contributed by atoms with Crippen molar-refractivity contribution in [2.45, 2.75) is 30.5 Å². The van der Waals surface area contributed by atoms with Crippen molar-refractivity contribution in [1.29, 1.82) is 0 Å². The van der Waals surface area contributed by atoms with Crippen LogP contribution in [0.25, 0.3) is 0 Å². The van der Waals surface area contributed by atoms with Gasteiger partial charge in [-0.1, -0.05) is 11.8 Å². The van der Waals surface area contributed by atoms with Gasteiger partial charge in [0.1, 0.15) is 6.04 Å². The van der Waals surface area contributed by atoms with Crippen molar-refractivity contribution in [2.24, 2.45) is 0 Å².